The van der Waals surface area contributed by atoms with E-state index in [0.29, 0.717) is 37.1 Å². The minimum absolute atomic E-state index is 0.0995. The molecule has 0 radical (unpaired) electrons. The van der Waals surface area contributed by atoms with Gasteiger partial charge in [0, 0.05) is 25.2 Å². The standard InChI is InChI=1S/C29H35F2N3O4/c1-29(2,3)38-28(36)34-20-10-11-21(34)16-33(15-20)25-14-24(30)23-13-19(9-12-22(23)26(25)31)32-27(35)37-17-18-7-5-4-6-8-18/h4-8,14,19-21H,9-13,15-17H2,1-3H3,(H,32,35). The number of hydrogen-bond acceptors (Lipinski definition) is 5. The Bertz CT molecular complexity index is 1190. The number of benzene rings is 2. The highest BCUT2D eigenvalue weighted by molar-refractivity contribution is 5.71. The molecular formula is C29H35F2N3O4. The second-order valence-electron chi connectivity index (χ2n) is 11.5. The van der Waals surface area contributed by atoms with Gasteiger partial charge in [-0.1, -0.05) is 30.3 Å². The van der Waals surface area contributed by atoms with Gasteiger partial charge in [0.1, 0.15) is 23.8 Å². The maximum atomic E-state index is 15.7. The van der Waals surface area contributed by atoms with Gasteiger partial charge >= 0.3 is 12.2 Å². The molecule has 38 heavy (non-hydrogen) atoms. The number of halogens is 2. The van der Waals surface area contributed by atoms with Gasteiger partial charge in [0.15, 0.2) is 0 Å². The van der Waals surface area contributed by atoms with Crippen molar-refractivity contribution in [3.8, 4) is 0 Å². The molecule has 2 saturated heterocycles. The number of carbonyl (C=O) groups excluding carboxylic acids is 2. The lowest BCUT2D eigenvalue weighted by Crippen LogP contribution is -2.57. The fourth-order valence-corrected chi connectivity index (χ4v) is 5.85. The zero-order chi connectivity index (χ0) is 27.0. The molecule has 0 spiro atoms. The van der Waals surface area contributed by atoms with Crippen molar-refractivity contribution in [3.63, 3.8) is 0 Å². The molecule has 2 bridgehead atoms. The summed E-state index contributed by atoms with van der Waals surface area (Å²) in [5.41, 5.74) is 1.21. The summed E-state index contributed by atoms with van der Waals surface area (Å²) >= 11 is 0. The van der Waals surface area contributed by atoms with Crippen molar-refractivity contribution in [2.45, 2.75) is 83.2 Å². The van der Waals surface area contributed by atoms with E-state index in [0.717, 1.165) is 18.4 Å². The number of ether oxygens (including phenoxy) is 2. The summed E-state index contributed by atoms with van der Waals surface area (Å²) in [5, 5.41) is 2.80. The number of nitrogens with zero attached hydrogens (tertiary/aromatic N) is 2. The number of nitrogens with one attached hydrogen (secondary N) is 1. The van der Waals surface area contributed by atoms with Crippen LogP contribution < -0.4 is 10.2 Å². The van der Waals surface area contributed by atoms with Gasteiger partial charge in [-0.3, -0.25) is 4.90 Å². The third kappa shape index (κ3) is 5.56. The number of carbonyl (C=O) groups is 2. The van der Waals surface area contributed by atoms with E-state index in [2.05, 4.69) is 5.32 Å². The van der Waals surface area contributed by atoms with E-state index in [4.69, 9.17) is 9.47 Å². The molecule has 7 nitrogen and oxygen atoms in total. The van der Waals surface area contributed by atoms with Crippen molar-refractivity contribution < 1.29 is 27.8 Å². The molecule has 2 aromatic carbocycles. The summed E-state index contributed by atoms with van der Waals surface area (Å²) in [7, 11) is 0. The Morgan fingerprint density at radius 1 is 1.03 bits per heavy atom. The number of alkyl carbamates (subject to hydrolysis) is 1. The van der Waals surface area contributed by atoms with E-state index in [1.807, 2.05) is 56.0 Å². The molecule has 9 heteroatoms. The summed E-state index contributed by atoms with van der Waals surface area (Å²) in [6.45, 7) is 6.52. The highest BCUT2D eigenvalue weighted by Gasteiger charge is 2.45. The summed E-state index contributed by atoms with van der Waals surface area (Å²) in [5.74, 6) is -0.876. The van der Waals surface area contributed by atoms with Gasteiger partial charge in [-0.15, -0.1) is 0 Å². The third-order valence-corrected chi connectivity index (χ3v) is 7.56. The van der Waals surface area contributed by atoms with Gasteiger partial charge in [0.05, 0.1) is 17.8 Å². The number of rotatable bonds is 4. The molecule has 2 aromatic rings. The normalized spacial score (nSPS) is 22.6. The van der Waals surface area contributed by atoms with Crippen LogP contribution in [0.3, 0.4) is 0 Å². The van der Waals surface area contributed by atoms with Crippen LogP contribution in [0.1, 0.15) is 56.7 Å². The van der Waals surface area contributed by atoms with Gasteiger partial charge in [0.25, 0.3) is 0 Å². The molecule has 2 fully saturated rings. The summed E-state index contributed by atoms with van der Waals surface area (Å²) in [6, 6.07) is 10.1. The third-order valence-electron chi connectivity index (χ3n) is 7.56. The Kier molecular flexibility index (Phi) is 7.20. The maximum absolute atomic E-state index is 15.7. The van der Waals surface area contributed by atoms with E-state index < -0.39 is 23.3 Å². The summed E-state index contributed by atoms with van der Waals surface area (Å²) in [6.07, 6.45) is 1.72. The number of amides is 2. The molecule has 1 N–H and O–H groups in total. The summed E-state index contributed by atoms with van der Waals surface area (Å²) < 4.78 is 41.9. The van der Waals surface area contributed by atoms with Gasteiger partial charge < -0.3 is 19.7 Å². The van der Waals surface area contributed by atoms with Crippen LogP contribution in [0, 0.1) is 11.6 Å². The molecule has 0 saturated carbocycles. The van der Waals surface area contributed by atoms with Crippen molar-refractivity contribution >= 4 is 17.9 Å². The Morgan fingerprint density at radius 2 is 1.71 bits per heavy atom. The monoisotopic (exact) mass is 527 g/mol. The van der Waals surface area contributed by atoms with E-state index in [1.165, 1.54) is 6.07 Å². The van der Waals surface area contributed by atoms with E-state index in [-0.39, 0.29) is 42.9 Å². The van der Waals surface area contributed by atoms with Crippen LogP contribution in [-0.4, -0.2) is 53.9 Å². The molecule has 0 aromatic heterocycles. The Morgan fingerprint density at radius 3 is 2.37 bits per heavy atom. The molecule has 2 amide bonds. The smallest absolute Gasteiger partial charge is 0.410 e. The van der Waals surface area contributed by atoms with E-state index in [9.17, 15) is 9.59 Å². The molecule has 3 atom stereocenters. The lowest BCUT2D eigenvalue weighted by Gasteiger charge is -2.42. The number of hydrogen-bond donors (Lipinski definition) is 1. The number of anilines is 1. The van der Waals surface area contributed by atoms with Crippen LogP contribution in [0.5, 0.6) is 0 Å². The number of piperazine rings is 1. The van der Waals surface area contributed by atoms with Crippen molar-refractivity contribution in [2.75, 3.05) is 18.0 Å². The fourth-order valence-electron chi connectivity index (χ4n) is 5.85. The van der Waals surface area contributed by atoms with Crippen LogP contribution in [0.4, 0.5) is 24.1 Å². The second kappa shape index (κ2) is 10.4. The average molecular weight is 528 g/mol. The SMILES string of the molecule is CC(C)(C)OC(=O)N1C2CCC1CN(c1cc(F)c3c(c1F)CCC(NC(=O)OCc1ccccc1)C3)C2. The van der Waals surface area contributed by atoms with Crippen molar-refractivity contribution in [3.05, 3.63) is 64.7 Å². The highest BCUT2D eigenvalue weighted by atomic mass is 19.1. The quantitative estimate of drug-likeness (QED) is 0.582. The molecule has 2 heterocycles. The van der Waals surface area contributed by atoms with Gasteiger partial charge in [0.2, 0.25) is 0 Å². The predicted molar refractivity (Wildman–Crippen MR) is 139 cm³/mol. The molecule has 5 rings (SSSR count). The van der Waals surface area contributed by atoms with Crippen molar-refractivity contribution in [1.82, 2.24) is 10.2 Å². The summed E-state index contributed by atoms with van der Waals surface area (Å²) in [4.78, 5) is 28.7. The molecule has 3 aliphatic rings. The average Bonchev–Trinajstić information content (AvgIpc) is 3.14. The molecule has 2 aliphatic heterocycles. The van der Waals surface area contributed by atoms with Crippen molar-refractivity contribution in [2.24, 2.45) is 0 Å². The minimum Gasteiger partial charge on any atom is -0.445 e. The first-order valence-corrected chi connectivity index (χ1v) is 13.3. The van der Waals surface area contributed by atoms with E-state index >= 15 is 8.78 Å². The van der Waals surface area contributed by atoms with Crippen LogP contribution in [-0.2, 0) is 28.9 Å². The lowest BCUT2D eigenvalue weighted by molar-refractivity contribution is 0.0123. The number of fused-ring (bicyclic) bond motifs is 3. The zero-order valence-corrected chi connectivity index (χ0v) is 22.1. The highest BCUT2D eigenvalue weighted by Crippen LogP contribution is 2.38. The first-order chi connectivity index (χ1) is 18.1. The second-order valence-corrected chi connectivity index (χ2v) is 11.5. The molecular weight excluding hydrogens is 492 g/mol. The van der Waals surface area contributed by atoms with Gasteiger partial charge in [-0.05, 0) is 69.6 Å². The predicted octanol–water partition coefficient (Wildman–Crippen LogP) is 5.34. The minimum atomic E-state index is -0.591. The Hall–Kier alpha value is -3.36. The zero-order valence-electron chi connectivity index (χ0n) is 22.1. The van der Waals surface area contributed by atoms with Crippen LogP contribution in [0.2, 0.25) is 0 Å². The topological polar surface area (TPSA) is 71.1 Å². The van der Waals surface area contributed by atoms with Gasteiger partial charge in [-0.25, -0.2) is 18.4 Å². The molecule has 1 aliphatic carbocycles. The lowest BCUT2D eigenvalue weighted by atomic mass is 9.86. The molecule has 3 unspecified atom stereocenters. The van der Waals surface area contributed by atoms with E-state index in [1.54, 1.807) is 4.90 Å². The first-order valence-electron chi connectivity index (χ1n) is 13.3. The van der Waals surface area contributed by atoms with Crippen molar-refractivity contribution in [1.29, 1.82) is 0 Å². The first kappa shape index (κ1) is 26.3. The van der Waals surface area contributed by atoms with Gasteiger partial charge in [-0.2, -0.15) is 0 Å². The Labute approximate surface area is 222 Å². The Balaban J connectivity index is 1.24. The van der Waals surface area contributed by atoms with Crippen LogP contribution >= 0.6 is 0 Å². The van der Waals surface area contributed by atoms with Crippen LogP contribution in [0.15, 0.2) is 36.4 Å². The molecule has 204 valence electrons. The fraction of sp³-hybridized carbons (Fsp3) is 0.517. The largest absolute Gasteiger partial charge is 0.445 e. The maximum Gasteiger partial charge on any atom is 0.410 e. The van der Waals surface area contributed by atoms with Crippen LogP contribution in [0.25, 0.3) is 0 Å².